The summed E-state index contributed by atoms with van der Waals surface area (Å²) >= 11 is 0. The molecule has 9 heteroatoms. The summed E-state index contributed by atoms with van der Waals surface area (Å²) in [6.07, 6.45) is 3.87. The number of piperidine rings is 1. The van der Waals surface area contributed by atoms with E-state index in [0.717, 1.165) is 55.3 Å². The first-order valence-electron chi connectivity index (χ1n) is 10.1. The lowest BCUT2D eigenvalue weighted by Crippen LogP contribution is -2.37. The van der Waals surface area contributed by atoms with Gasteiger partial charge in [-0.1, -0.05) is 0 Å². The van der Waals surface area contributed by atoms with Crippen molar-refractivity contribution in [2.24, 2.45) is 5.92 Å². The largest absolute Gasteiger partial charge is 0.468 e. The van der Waals surface area contributed by atoms with Crippen LogP contribution in [0.4, 0.5) is 5.69 Å². The van der Waals surface area contributed by atoms with E-state index >= 15 is 0 Å². The second kappa shape index (κ2) is 7.95. The number of nitrogens with one attached hydrogen (secondary N) is 1. The van der Waals surface area contributed by atoms with E-state index in [1.165, 1.54) is 0 Å². The maximum atomic E-state index is 12.8. The number of hydrogen-bond donors (Lipinski definition) is 1. The van der Waals surface area contributed by atoms with Gasteiger partial charge in [-0.2, -0.15) is 5.10 Å². The standard InChI is InChI=1S/C20H28N4O4S/c1-14-19(15(2)24(22-14)17-7-11-29(26,27)13-17)21-20(25)16-5-8-23(9-6-16)12-18-4-3-10-28-18/h3-4,10,16-17H,5-9,11-13H2,1-2H3,(H,21,25). The van der Waals surface area contributed by atoms with E-state index in [-0.39, 0.29) is 29.4 Å². The summed E-state index contributed by atoms with van der Waals surface area (Å²) in [5.74, 6) is 1.26. The molecule has 0 bridgehead atoms. The molecule has 2 aromatic rings. The van der Waals surface area contributed by atoms with Crippen LogP contribution in [0.5, 0.6) is 0 Å². The van der Waals surface area contributed by atoms with Crippen LogP contribution in [0, 0.1) is 19.8 Å². The summed E-state index contributed by atoms with van der Waals surface area (Å²) in [5, 5.41) is 7.59. The Morgan fingerprint density at radius 3 is 2.66 bits per heavy atom. The molecule has 0 radical (unpaired) electrons. The highest BCUT2D eigenvalue weighted by Gasteiger charge is 2.32. The quantitative estimate of drug-likeness (QED) is 0.797. The molecule has 2 aliphatic rings. The minimum atomic E-state index is -2.99. The van der Waals surface area contributed by atoms with Crippen LogP contribution in [0.1, 0.15) is 42.5 Å². The van der Waals surface area contributed by atoms with Crippen molar-refractivity contribution < 1.29 is 17.6 Å². The lowest BCUT2D eigenvalue weighted by molar-refractivity contribution is -0.121. The first-order valence-corrected chi connectivity index (χ1v) is 12.0. The number of rotatable bonds is 5. The average molecular weight is 421 g/mol. The second-order valence-electron chi connectivity index (χ2n) is 8.17. The summed E-state index contributed by atoms with van der Waals surface area (Å²) in [5.41, 5.74) is 2.28. The Morgan fingerprint density at radius 1 is 1.28 bits per heavy atom. The zero-order chi connectivity index (χ0) is 20.6. The summed E-state index contributed by atoms with van der Waals surface area (Å²) in [6.45, 7) is 6.24. The van der Waals surface area contributed by atoms with E-state index < -0.39 is 9.84 Å². The maximum absolute atomic E-state index is 12.8. The third-order valence-electron chi connectivity index (χ3n) is 6.05. The number of amides is 1. The first kappa shape index (κ1) is 20.2. The number of carbonyl (C=O) groups excluding carboxylic acids is 1. The maximum Gasteiger partial charge on any atom is 0.227 e. The predicted octanol–water partition coefficient (Wildman–Crippen LogP) is 2.30. The number of likely N-dealkylation sites (tertiary alicyclic amines) is 1. The lowest BCUT2D eigenvalue weighted by Gasteiger charge is -2.30. The molecule has 8 nitrogen and oxygen atoms in total. The molecule has 2 aliphatic heterocycles. The number of aromatic nitrogens is 2. The van der Waals surface area contributed by atoms with E-state index in [1.807, 2.05) is 26.0 Å². The van der Waals surface area contributed by atoms with Gasteiger partial charge in [0.1, 0.15) is 5.76 Å². The second-order valence-corrected chi connectivity index (χ2v) is 10.4. The topological polar surface area (TPSA) is 97.4 Å². The monoisotopic (exact) mass is 420 g/mol. The van der Waals surface area contributed by atoms with Gasteiger partial charge in [-0.25, -0.2) is 8.42 Å². The Hall–Kier alpha value is -2.13. The van der Waals surface area contributed by atoms with Crippen LogP contribution in [-0.4, -0.2) is 53.6 Å². The average Bonchev–Trinajstić information content (AvgIpc) is 3.38. The van der Waals surface area contributed by atoms with Crippen molar-refractivity contribution >= 4 is 21.4 Å². The van der Waals surface area contributed by atoms with Crippen LogP contribution in [0.2, 0.25) is 0 Å². The van der Waals surface area contributed by atoms with E-state index in [0.29, 0.717) is 6.42 Å². The van der Waals surface area contributed by atoms with Crippen LogP contribution in [0.15, 0.2) is 22.8 Å². The summed E-state index contributed by atoms with van der Waals surface area (Å²) in [4.78, 5) is 15.2. The number of hydrogen-bond acceptors (Lipinski definition) is 6. The van der Waals surface area contributed by atoms with E-state index in [2.05, 4.69) is 15.3 Å². The fourth-order valence-corrected chi connectivity index (χ4v) is 6.06. The molecule has 0 aromatic carbocycles. The number of furan rings is 1. The zero-order valence-electron chi connectivity index (χ0n) is 16.9. The SMILES string of the molecule is Cc1nn(C2CCS(=O)(=O)C2)c(C)c1NC(=O)C1CCN(Cc2ccco2)CC1. The zero-order valence-corrected chi connectivity index (χ0v) is 17.7. The molecule has 0 aliphatic carbocycles. The van der Waals surface area contributed by atoms with Crippen molar-refractivity contribution in [3.63, 3.8) is 0 Å². The third-order valence-corrected chi connectivity index (χ3v) is 7.80. The highest BCUT2D eigenvalue weighted by atomic mass is 32.2. The van der Waals surface area contributed by atoms with Crippen LogP contribution in [0.25, 0.3) is 0 Å². The molecule has 1 unspecified atom stereocenters. The Morgan fingerprint density at radius 2 is 2.03 bits per heavy atom. The van der Waals surface area contributed by atoms with Crippen molar-refractivity contribution in [3.8, 4) is 0 Å². The van der Waals surface area contributed by atoms with E-state index in [4.69, 9.17) is 4.42 Å². The fourth-order valence-electron chi connectivity index (χ4n) is 4.37. The summed E-state index contributed by atoms with van der Waals surface area (Å²) in [7, 11) is -2.99. The number of nitrogens with zero attached hydrogens (tertiary/aromatic N) is 3. The van der Waals surface area contributed by atoms with Crippen LogP contribution in [0.3, 0.4) is 0 Å². The Labute approximate surface area is 171 Å². The van der Waals surface area contributed by atoms with Gasteiger partial charge in [0, 0.05) is 5.92 Å². The minimum absolute atomic E-state index is 0.0208. The first-order chi connectivity index (χ1) is 13.8. The molecule has 0 spiro atoms. The fraction of sp³-hybridized carbons (Fsp3) is 0.600. The molecule has 2 fully saturated rings. The Kier molecular flexibility index (Phi) is 5.52. The molecule has 158 valence electrons. The van der Waals surface area contributed by atoms with E-state index in [1.54, 1.807) is 10.9 Å². The van der Waals surface area contributed by atoms with Gasteiger partial charge >= 0.3 is 0 Å². The van der Waals surface area contributed by atoms with Crippen LogP contribution < -0.4 is 5.32 Å². The number of anilines is 1. The van der Waals surface area contributed by atoms with Gasteiger partial charge in [0.2, 0.25) is 5.91 Å². The van der Waals surface area contributed by atoms with E-state index in [9.17, 15) is 13.2 Å². The van der Waals surface area contributed by atoms with Gasteiger partial charge < -0.3 is 9.73 Å². The molecule has 1 atom stereocenters. The van der Waals surface area contributed by atoms with Crippen LogP contribution in [-0.2, 0) is 21.2 Å². The van der Waals surface area contributed by atoms with Crippen molar-refractivity contribution in [1.29, 1.82) is 0 Å². The van der Waals surface area contributed by atoms with Crippen molar-refractivity contribution in [1.82, 2.24) is 14.7 Å². The summed E-state index contributed by atoms with van der Waals surface area (Å²) in [6, 6.07) is 3.72. The smallest absolute Gasteiger partial charge is 0.227 e. The number of aryl methyl sites for hydroxylation is 1. The van der Waals surface area contributed by atoms with Crippen molar-refractivity contribution in [2.75, 3.05) is 29.9 Å². The molecule has 4 heterocycles. The van der Waals surface area contributed by atoms with Crippen LogP contribution >= 0.6 is 0 Å². The highest BCUT2D eigenvalue weighted by molar-refractivity contribution is 7.91. The van der Waals surface area contributed by atoms with Gasteiger partial charge in [0.05, 0.1) is 47.4 Å². The van der Waals surface area contributed by atoms with Crippen molar-refractivity contribution in [3.05, 3.63) is 35.5 Å². The molecule has 2 aromatic heterocycles. The third kappa shape index (κ3) is 4.40. The lowest BCUT2D eigenvalue weighted by atomic mass is 9.95. The van der Waals surface area contributed by atoms with Crippen molar-refractivity contribution in [2.45, 2.75) is 45.7 Å². The number of carbonyl (C=O) groups is 1. The number of sulfone groups is 1. The Bertz CT molecular complexity index is 973. The van der Waals surface area contributed by atoms with Gasteiger partial charge in [-0.15, -0.1) is 0 Å². The molecule has 29 heavy (non-hydrogen) atoms. The molecular weight excluding hydrogens is 392 g/mol. The minimum Gasteiger partial charge on any atom is -0.468 e. The van der Waals surface area contributed by atoms with Gasteiger partial charge in [-0.3, -0.25) is 14.4 Å². The predicted molar refractivity (Wildman–Crippen MR) is 109 cm³/mol. The van der Waals surface area contributed by atoms with Gasteiger partial charge in [0.25, 0.3) is 0 Å². The van der Waals surface area contributed by atoms with Gasteiger partial charge in [-0.05, 0) is 58.3 Å². The van der Waals surface area contributed by atoms with Gasteiger partial charge in [0.15, 0.2) is 9.84 Å². The molecular formula is C20H28N4O4S. The molecule has 1 amide bonds. The molecule has 1 N–H and O–H groups in total. The normalized spacial score (nSPS) is 22.8. The molecule has 4 rings (SSSR count). The Balaban J connectivity index is 1.36. The summed E-state index contributed by atoms with van der Waals surface area (Å²) < 4.78 is 30.8. The molecule has 0 saturated carbocycles. The highest BCUT2D eigenvalue weighted by Crippen LogP contribution is 2.30. The molecule has 2 saturated heterocycles.